The Hall–Kier alpha value is -1.89. The van der Waals surface area contributed by atoms with Crippen molar-refractivity contribution in [3.05, 3.63) is 18.2 Å². The number of rotatable bonds is 3. The van der Waals surface area contributed by atoms with Gasteiger partial charge in [-0.3, -0.25) is 4.79 Å². The SMILES string of the molecule is Nc1ccc(N2CCOCC2=O)c(OC(F)F)c1. The minimum absolute atomic E-state index is 0.0709. The lowest BCUT2D eigenvalue weighted by atomic mass is 10.2. The number of morpholine rings is 1. The summed E-state index contributed by atoms with van der Waals surface area (Å²) in [5.74, 6) is -0.412. The Labute approximate surface area is 102 Å². The minimum atomic E-state index is -2.97. The van der Waals surface area contributed by atoms with E-state index in [1.165, 1.54) is 23.1 Å². The van der Waals surface area contributed by atoms with Gasteiger partial charge in [0.1, 0.15) is 6.61 Å². The van der Waals surface area contributed by atoms with E-state index in [1.54, 1.807) is 0 Å². The quantitative estimate of drug-likeness (QED) is 0.828. The van der Waals surface area contributed by atoms with Crippen molar-refractivity contribution in [3.8, 4) is 5.75 Å². The summed E-state index contributed by atoms with van der Waals surface area (Å²) in [6.45, 7) is -2.40. The minimum Gasteiger partial charge on any atom is -0.433 e. The Morgan fingerprint density at radius 3 is 2.89 bits per heavy atom. The molecule has 0 spiro atoms. The number of carbonyl (C=O) groups excluding carboxylic acids is 1. The number of nitrogens with two attached hydrogens (primary N) is 1. The summed E-state index contributed by atoms with van der Waals surface area (Å²) in [6, 6.07) is 4.27. The van der Waals surface area contributed by atoms with Crippen molar-refractivity contribution >= 4 is 17.3 Å². The Bertz CT molecular complexity index is 454. The topological polar surface area (TPSA) is 64.8 Å². The van der Waals surface area contributed by atoms with E-state index in [-0.39, 0.29) is 29.6 Å². The fourth-order valence-electron chi connectivity index (χ4n) is 1.72. The van der Waals surface area contributed by atoms with Gasteiger partial charge in [-0.05, 0) is 12.1 Å². The van der Waals surface area contributed by atoms with E-state index >= 15 is 0 Å². The number of anilines is 2. The number of hydrogen-bond acceptors (Lipinski definition) is 4. The standard InChI is InChI=1S/C11H12F2N2O3/c12-11(13)18-9-5-7(14)1-2-8(9)15-3-4-17-6-10(15)16/h1-2,5,11H,3-4,6,14H2. The lowest BCUT2D eigenvalue weighted by Crippen LogP contribution is -2.41. The van der Waals surface area contributed by atoms with Gasteiger partial charge in [0.15, 0.2) is 5.75 Å². The Kier molecular flexibility index (Phi) is 3.61. The number of nitrogen functional groups attached to an aromatic ring is 1. The molecule has 1 aromatic carbocycles. The zero-order valence-electron chi connectivity index (χ0n) is 9.44. The van der Waals surface area contributed by atoms with E-state index < -0.39 is 6.61 Å². The van der Waals surface area contributed by atoms with Gasteiger partial charge in [0.2, 0.25) is 0 Å². The highest BCUT2D eigenvalue weighted by Crippen LogP contribution is 2.32. The maximum Gasteiger partial charge on any atom is 0.387 e. The predicted molar refractivity (Wildman–Crippen MR) is 60.7 cm³/mol. The second-order valence-electron chi connectivity index (χ2n) is 3.70. The third kappa shape index (κ3) is 2.67. The Morgan fingerprint density at radius 2 is 2.22 bits per heavy atom. The van der Waals surface area contributed by atoms with Gasteiger partial charge in [-0.2, -0.15) is 8.78 Å². The monoisotopic (exact) mass is 258 g/mol. The van der Waals surface area contributed by atoms with Crippen molar-refractivity contribution in [1.29, 1.82) is 0 Å². The van der Waals surface area contributed by atoms with Crippen LogP contribution in [-0.4, -0.2) is 32.3 Å². The van der Waals surface area contributed by atoms with Crippen molar-refractivity contribution in [2.24, 2.45) is 0 Å². The molecule has 7 heteroatoms. The molecule has 1 aliphatic rings. The summed E-state index contributed by atoms with van der Waals surface area (Å²) in [4.78, 5) is 13.0. The molecule has 1 aliphatic heterocycles. The summed E-state index contributed by atoms with van der Waals surface area (Å²) in [6.07, 6.45) is 0. The number of carbonyl (C=O) groups is 1. The Morgan fingerprint density at radius 1 is 1.44 bits per heavy atom. The number of alkyl halides is 2. The average Bonchev–Trinajstić information content (AvgIpc) is 2.30. The largest absolute Gasteiger partial charge is 0.433 e. The third-order valence-corrected chi connectivity index (χ3v) is 2.48. The van der Waals surface area contributed by atoms with Gasteiger partial charge in [0.25, 0.3) is 5.91 Å². The first kappa shape index (κ1) is 12.6. The average molecular weight is 258 g/mol. The van der Waals surface area contributed by atoms with Crippen LogP contribution < -0.4 is 15.4 Å². The lowest BCUT2D eigenvalue weighted by Gasteiger charge is -2.28. The molecule has 1 fully saturated rings. The van der Waals surface area contributed by atoms with Crippen molar-refractivity contribution < 1.29 is 23.0 Å². The highest BCUT2D eigenvalue weighted by molar-refractivity contribution is 5.96. The summed E-state index contributed by atoms with van der Waals surface area (Å²) in [5, 5.41) is 0. The molecule has 2 N–H and O–H groups in total. The van der Waals surface area contributed by atoms with E-state index in [2.05, 4.69) is 4.74 Å². The van der Waals surface area contributed by atoms with Gasteiger partial charge in [0, 0.05) is 18.3 Å². The van der Waals surface area contributed by atoms with E-state index in [9.17, 15) is 13.6 Å². The molecule has 0 radical (unpaired) electrons. The molecule has 0 saturated carbocycles. The maximum atomic E-state index is 12.3. The first-order chi connectivity index (χ1) is 8.58. The molecule has 1 aromatic rings. The van der Waals surface area contributed by atoms with Gasteiger partial charge in [-0.25, -0.2) is 0 Å². The molecule has 0 aliphatic carbocycles. The second-order valence-corrected chi connectivity index (χ2v) is 3.70. The molecule has 1 saturated heterocycles. The number of halogens is 2. The summed E-state index contributed by atoms with van der Waals surface area (Å²) >= 11 is 0. The number of amides is 1. The van der Waals surface area contributed by atoms with Crippen LogP contribution in [0, 0.1) is 0 Å². The summed E-state index contributed by atoms with van der Waals surface area (Å²) in [5.41, 5.74) is 6.08. The zero-order chi connectivity index (χ0) is 13.1. The molecule has 1 amide bonds. The van der Waals surface area contributed by atoms with Crippen molar-refractivity contribution in [1.82, 2.24) is 0 Å². The van der Waals surface area contributed by atoms with Gasteiger partial charge in [0.05, 0.1) is 12.3 Å². The summed E-state index contributed by atoms with van der Waals surface area (Å²) < 4.78 is 34.0. The molecule has 1 heterocycles. The van der Waals surface area contributed by atoms with Crippen LogP contribution in [0.4, 0.5) is 20.2 Å². The van der Waals surface area contributed by atoms with Crippen LogP contribution in [0.1, 0.15) is 0 Å². The second kappa shape index (κ2) is 5.18. The van der Waals surface area contributed by atoms with Gasteiger partial charge in [-0.15, -0.1) is 0 Å². The van der Waals surface area contributed by atoms with Crippen LogP contribution in [0.25, 0.3) is 0 Å². The first-order valence-corrected chi connectivity index (χ1v) is 5.30. The molecule has 0 unspecified atom stereocenters. The zero-order valence-corrected chi connectivity index (χ0v) is 9.44. The fraction of sp³-hybridized carbons (Fsp3) is 0.364. The number of ether oxygens (including phenoxy) is 2. The van der Waals surface area contributed by atoms with Crippen molar-refractivity contribution in [2.45, 2.75) is 6.61 Å². The molecule has 18 heavy (non-hydrogen) atoms. The normalized spacial score (nSPS) is 16.2. The van der Waals surface area contributed by atoms with Crippen LogP contribution in [0.3, 0.4) is 0 Å². The van der Waals surface area contributed by atoms with Gasteiger partial charge in [-0.1, -0.05) is 0 Å². The van der Waals surface area contributed by atoms with Crippen LogP contribution >= 0.6 is 0 Å². The van der Waals surface area contributed by atoms with E-state index in [4.69, 9.17) is 10.5 Å². The molecule has 5 nitrogen and oxygen atoms in total. The smallest absolute Gasteiger partial charge is 0.387 e. The number of hydrogen-bond donors (Lipinski definition) is 1. The lowest BCUT2D eigenvalue weighted by molar-refractivity contribution is -0.125. The first-order valence-electron chi connectivity index (χ1n) is 5.30. The van der Waals surface area contributed by atoms with Crippen molar-refractivity contribution in [3.63, 3.8) is 0 Å². The molecule has 0 aromatic heterocycles. The van der Waals surface area contributed by atoms with Crippen molar-refractivity contribution in [2.75, 3.05) is 30.4 Å². The molecular weight excluding hydrogens is 246 g/mol. The Balaban J connectivity index is 2.33. The molecule has 0 bridgehead atoms. The van der Waals surface area contributed by atoms with E-state index in [1.807, 2.05) is 0 Å². The van der Waals surface area contributed by atoms with E-state index in [0.29, 0.717) is 13.2 Å². The molecule has 0 atom stereocenters. The van der Waals surface area contributed by atoms with Crippen LogP contribution in [0.5, 0.6) is 5.75 Å². The highest BCUT2D eigenvalue weighted by atomic mass is 19.3. The van der Waals surface area contributed by atoms with Gasteiger partial charge < -0.3 is 20.1 Å². The molecule has 98 valence electrons. The van der Waals surface area contributed by atoms with Crippen LogP contribution in [0.15, 0.2) is 18.2 Å². The van der Waals surface area contributed by atoms with Crippen LogP contribution in [0.2, 0.25) is 0 Å². The number of benzene rings is 1. The van der Waals surface area contributed by atoms with Crippen LogP contribution in [-0.2, 0) is 9.53 Å². The predicted octanol–water partition coefficient (Wildman–Crippen LogP) is 1.23. The molecular formula is C11H12F2N2O3. The highest BCUT2D eigenvalue weighted by Gasteiger charge is 2.24. The maximum absolute atomic E-state index is 12.3. The summed E-state index contributed by atoms with van der Waals surface area (Å²) in [7, 11) is 0. The van der Waals surface area contributed by atoms with E-state index in [0.717, 1.165) is 0 Å². The fourth-order valence-corrected chi connectivity index (χ4v) is 1.72. The third-order valence-electron chi connectivity index (χ3n) is 2.48. The van der Waals surface area contributed by atoms with Gasteiger partial charge >= 0.3 is 6.61 Å². The molecule has 2 rings (SSSR count). The number of nitrogens with zero attached hydrogens (tertiary/aromatic N) is 1.